The number of nitrogens with zero attached hydrogens (tertiary/aromatic N) is 2. The Kier molecular flexibility index (Phi) is 6.19. The summed E-state index contributed by atoms with van der Waals surface area (Å²) < 4.78 is 5.09. The Morgan fingerprint density at radius 3 is 2.73 bits per heavy atom. The summed E-state index contributed by atoms with van der Waals surface area (Å²) in [4.78, 5) is 29.9. The number of hydrogen-bond donors (Lipinski definition) is 0. The summed E-state index contributed by atoms with van der Waals surface area (Å²) >= 11 is 5.84. The molecule has 0 aliphatic heterocycles. The first-order valence-corrected chi connectivity index (χ1v) is 8.08. The van der Waals surface area contributed by atoms with E-state index in [0.717, 1.165) is 25.7 Å². The fourth-order valence-corrected chi connectivity index (χ4v) is 3.05. The normalized spacial score (nSPS) is 15.4. The van der Waals surface area contributed by atoms with Gasteiger partial charge >= 0.3 is 5.97 Å². The zero-order valence-corrected chi connectivity index (χ0v) is 13.5. The molecule has 0 radical (unpaired) electrons. The van der Waals surface area contributed by atoms with E-state index in [0.29, 0.717) is 6.54 Å². The van der Waals surface area contributed by atoms with Gasteiger partial charge in [0, 0.05) is 18.8 Å². The average Bonchev–Trinajstić information content (AvgIpc) is 2.55. The molecule has 6 heteroatoms. The van der Waals surface area contributed by atoms with E-state index in [2.05, 4.69) is 4.98 Å². The molecular weight excluding hydrogens is 304 g/mol. The number of carbonyl (C=O) groups excluding carboxylic acids is 2. The second kappa shape index (κ2) is 8.13. The zero-order chi connectivity index (χ0) is 15.9. The molecule has 1 saturated carbocycles. The van der Waals surface area contributed by atoms with Gasteiger partial charge in [0.05, 0.1) is 5.56 Å². The van der Waals surface area contributed by atoms with E-state index in [-0.39, 0.29) is 29.3 Å². The van der Waals surface area contributed by atoms with Crippen LogP contribution in [0.15, 0.2) is 18.3 Å². The molecular formula is C16H21ClN2O3. The van der Waals surface area contributed by atoms with Crippen molar-refractivity contribution in [2.45, 2.75) is 45.1 Å². The quantitative estimate of drug-likeness (QED) is 0.617. The molecule has 1 aliphatic rings. The highest BCUT2D eigenvalue weighted by atomic mass is 35.5. The molecule has 1 aliphatic carbocycles. The lowest BCUT2D eigenvalue weighted by Gasteiger charge is -2.33. The van der Waals surface area contributed by atoms with Gasteiger partial charge in [0.15, 0.2) is 6.61 Å². The minimum absolute atomic E-state index is 0.0829. The van der Waals surface area contributed by atoms with Crippen molar-refractivity contribution >= 4 is 23.5 Å². The number of pyridine rings is 1. The van der Waals surface area contributed by atoms with Crippen LogP contribution in [0.4, 0.5) is 0 Å². The van der Waals surface area contributed by atoms with Gasteiger partial charge in [-0.05, 0) is 31.9 Å². The molecule has 0 atom stereocenters. The van der Waals surface area contributed by atoms with Gasteiger partial charge in [0.1, 0.15) is 5.15 Å². The molecule has 0 spiro atoms. The lowest BCUT2D eigenvalue weighted by Crippen LogP contribution is -2.43. The van der Waals surface area contributed by atoms with E-state index in [4.69, 9.17) is 16.3 Å². The number of rotatable bonds is 5. The van der Waals surface area contributed by atoms with Crippen molar-refractivity contribution < 1.29 is 14.3 Å². The standard InChI is InChI=1S/C16H21ClN2O3/c1-2-19(12-7-4-3-5-8-12)14(20)11-22-16(21)13-9-6-10-18-15(13)17/h6,9-10,12H,2-5,7-8,11H2,1H3. The fourth-order valence-electron chi connectivity index (χ4n) is 2.86. The van der Waals surface area contributed by atoms with Gasteiger partial charge in [-0.1, -0.05) is 30.9 Å². The molecule has 1 fully saturated rings. The predicted molar refractivity (Wildman–Crippen MR) is 83.8 cm³/mol. The third kappa shape index (κ3) is 4.19. The highest BCUT2D eigenvalue weighted by molar-refractivity contribution is 6.32. The Morgan fingerprint density at radius 2 is 2.09 bits per heavy atom. The molecule has 1 amide bonds. The van der Waals surface area contributed by atoms with Crippen LogP contribution in [0.3, 0.4) is 0 Å². The largest absolute Gasteiger partial charge is 0.452 e. The lowest BCUT2D eigenvalue weighted by atomic mass is 9.94. The molecule has 0 aromatic carbocycles. The molecule has 1 aromatic heterocycles. The molecule has 1 aromatic rings. The summed E-state index contributed by atoms with van der Waals surface area (Å²) in [7, 11) is 0. The first-order valence-electron chi connectivity index (χ1n) is 7.70. The molecule has 2 rings (SSSR count). The van der Waals surface area contributed by atoms with E-state index in [1.54, 1.807) is 6.07 Å². The Labute approximate surface area is 135 Å². The monoisotopic (exact) mass is 324 g/mol. The number of halogens is 1. The molecule has 120 valence electrons. The van der Waals surface area contributed by atoms with E-state index < -0.39 is 5.97 Å². The van der Waals surface area contributed by atoms with Crippen molar-refractivity contribution in [2.75, 3.05) is 13.2 Å². The molecule has 0 saturated heterocycles. The smallest absolute Gasteiger partial charge is 0.341 e. The first-order chi connectivity index (χ1) is 10.6. The van der Waals surface area contributed by atoms with Gasteiger partial charge in [0.25, 0.3) is 5.91 Å². The molecule has 22 heavy (non-hydrogen) atoms. The van der Waals surface area contributed by atoms with Crippen molar-refractivity contribution in [1.29, 1.82) is 0 Å². The predicted octanol–water partition coefficient (Wildman–Crippen LogP) is 3.07. The third-order valence-electron chi connectivity index (χ3n) is 3.98. The number of aromatic nitrogens is 1. The van der Waals surface area contributed by atoms with Crippen LogP contribution >= 0.6 is 11.6 Å². The van der Waals surface area contributed by atoms with E-state index in [1.807, 2.05) is 11.8 Å². The summed E-state index contributed by atoms with van der Waals surface area (Å²) in [5, 5.41) is 0.0829. The number of ether oxygens (including phenoxy) is 1. The maximum absolute atomic E-state index is 12.3. The van der Waals surface area contributed by atoms with Gasteiger partial charge < -0.3 is 9.64 Å². The van der Waals surface area contributed by atoms with Crippen molar-refractivity contribution in [3.63, 3.8) is 0 Å². The maximum atomic E-state index is 12.3. The van der Waals surface area contributed by atoms with E-state index in [9.17, 15) is 9.59 Å². The SMILES string of the molecule is CCN(C(=O)COC(=O)c1cccnc1Cl)C1CCCCC1. The highest BCUT2D eigenvalue weighted by Gasteiger charge is 2.25. The van der Waals surface area contributed by atoms with Crippen LogP contribution in [0.25, 0.3) is 0 Å². The van der Waals surface area contributed by atoms with Gasteiger partial charge in [-0.3, -0.25) is 4.79 Å². The number of likely N-dealkylation sites (N-methyl/N-ethyl adjacent to an activating group) is 1. The van der Waals surface area contributed by atoms with Gasteiger partial charge in [-0.15, -0.1) is 0 Å². The Bertz CT molecular complexity index is 530. The third-order valence-corrected chi connectivity index (χ3v) is 4.28. The summed E-state index contributed by atoms with van der Waals surface area (Å²) in [6.07, 6.45) is 7.09. The van der Waals surface area contributed by atoms with Crippen molar-refractivity contribution in [3.8, 4) is 0 Å². The van der Waals surface area contributed by atoms with Gasteiger partial charge in [-0.25, -0.2) is 9.78 Å². The van der Waals surface area contributed by atoms with Crippen LogP contribution < -0.4 is 0 Å². The topological polar surface area (TPSA) is 59.5 Å². The molecule has 5 nitrogen and oxygen atoms in total. The van der Waals surface area contributed by atoms with Crippen molar-refractivity contribution in [3.05, 3.63) is 29.0 Å². The Morgan fingerprint density at radius 1 is 1.36 bits per heavy atom. The van der Waals surface area contributed by atoms with E-state index in [1.165, 1.54) is 18.7 Å². The van der Waals surface area contributed by atoms with Gasteiger partial charge in [-0.2, -0.15) is 0 Å². The Hall–Kier alpha value is -1.62. The second-order valence-electron chi connectivity index (χ2n) is 5.39. The summed E-state index contributed by atoms with van der Waals surface area (Å²) in [5.74, 6) is -0.770. The molecule has 0 unspecified atom stereocenters. The number of carbonyl (C=O) groups is 2. The molecule has 1 heterocycles. The molecule has 0 bridgehead atoms. The number of amides is 1. The maximum Gasteiger partial charge on any atom is 0.341 e. The van der Waals surface area contributed by atoms with Gasteiger partial charge in [0.2, 0.25) is 0 Å². The van der Waals surface area contributed by atoms with Crippen LogP contribution in [0.2, 0.25) is 5.15 Å². The minimum atomic E-state index is -0.619. The lowest BCUT2D eigenvalue weighted by molar-refractivity contribution is -0.137. The number of hydrogen-bond acceptors (Lipinski definition) is 4. The summed E-state index contributed by atoms with van der Waals surface area (Å²) in [6, 6.07) is 3.40. The summed E-state index contributed by atoms with van der Waals surface area (Å²) in [6.45, 7) is 2.33. The van der Waals surface area contributed by atoms with Crippen LogP contribution in [-0.4, -0.2) is 41.0 Å². The van der Waals surface area contributed by atoms with Crippen molar-refractivity contribution in [1.82, 2.24) is 9.88 Å². The fraction of sp³-hybridized carbons (Fsp3) is 0.562. The van der Waals surface area contributed by atoms with E-state index >= 15 is 0 Å². The van der Waals surface area contributed by atoms with Crippen LogP contribution in [-0.2, 0) is 9.53 Å². The van der Waals surface area contributed by atoms with Crippen LogP contribution in [0, 0.1) is 0 Å². The first kappa shape index (κ1) is 16.7. The average molecular weight is 325 g/mol. The van der Waals surface area contributed by atoms with Crippen molar-refractivity contribution in [2.24, 2.45) is 0 Å². The van der Waals surface area contributed by atoms with Crippen LogP contribution in [0.1, 0.15) is 49.4 Å². The zero-order valence-electron chi connectivity index (χ0n) is 12.8. The van der Waals surface area contributed by atoms with Crippen LogP contribution in [0.5, 0.6) is 0 Å². The minimum Gasteiger partial charge on any atom is -0.452 e. The molecule has 0 N–H and O–H groups in total. The summed E-state index contributed by atoms with van der Waals surface area (Å²) in [5.41, 5.74) is 0.178. The Balaban J connectivity index is 1.90. The second-order valence-corrected chi connectivity index (χ2v) is 5.75. The number of esters is 1. The highest BCUT2D eigenvalue weighted by Crippen LogP contribution is 2.22.